The van der Waals surface area contributed by atoms with Crippen molar-refractivity contribution >= 4 is 23.4 Å². The topological polar surface area (TPSA) is 49.9 Å². The number of rotatable bonds is 8. The molecule has 2 atom stereocenters. The van der Waals surface area contributed by atoms with E-state index in [9.17, 15) is 9.59 Å². The summed E-state index contributed by atoms with van der Waals surface area (Å²) in [7, 11) is 3.43. The highest BCUT2D eigenvalue weighted by Gasteiger charge is 2.56. The zero-order valence-corrected chi connectivity index (χ0v) is 23.1. The molecule has 3 fully saturated rings. The summed E-state index contributed by atoms with van der Waals surface area (Å²) in [6.45, 7) is 4.55. The Morgan fingerprint density at radius 2 is 1.81 bits per heavy atom. The molecule has 2 aliphatic carbocycles. The third-order valence-corrected chi connectivity index (χ3v) is 9.77. The Labute approximate surface area is 226 Å². The fourth-order valence-electron chi connectivity index (χ4n) is 6.56. The molecule has 1 saturated heterocycles. The van der Waals surface area contributed by atoms with Gasteiger partial charge in [-0.1, -0.05) is 48.4 Å². The summed E-state index contributed by atoms with van der Waals surface area (Å²) in [6.07, 6.45) is 7.95. The minimum absolute atomic E-state index is 0.113. The summed E-state index contributed by atoms with van der Waals surface area (Å²) >= 11 is 6.32. The number of halogens is 1. The number of ether oxygens (including phenoxy) is 1. The maximum absolute atomic E-state index is 13.9. The predicted molar refractivity (Wildman–Crippen MR) is 147 cm³/mol. The molecule has 5 nitrogen and oxygen atoms in total. The average Bonchev–Trinajstić information content (AvgIpc) is 3.54. The Bertz CT molecular complexity index is 1140. The van der Waals surface area contributed by atoms with Crippen molar-refractivity contribution < 1.29 is 14.3 Å². The van der Waals surface area contributed by atoms with Crippen LogP contribution < -0.4 is 4.74 Å². The van der Waals surface area contributed by atoms with Gasteiger partial charge in [0.1, 0.15) is 5.75 Å². The second kappa shape index (κ2) is 10.3. The summed E-state index contributed by atoms with van der Waals surface area (Å²) in [4.78, 5) is 29.7. The number of hydrogen-bond donors (Lipinski definition) is 0. The van der Waals surface area contributed by atoms with Crippen molar-refractivity contribution in [2.45, 2.75) is 57.3 Å². The summed E-state index contributed by atoms with van der Waals surface area (Å²) in [5.41, 5.74) is 1.63. The smallest absolute Gasteiger partial charge is 0.254 e. The van der Waals surface area contributed by atoms with Crippen molar-refractivity contribution in [1.29, 1.82) is 0 Å². The van der Waals surface area contributed by atoms with Gasteiger partial charge in [0, 0.05) is 27.2 Å². The third-order valence-electron chi connectivity index (χ3n) is 9.46. The van der Waals surface area contributed by atoms with E-state index in [0.29, 0.717) is 46.1 Å². The van der Waals surface area contributed by atoms with Crippen LogP contribution in [-0.4, -0.2) is 55.4 Å². The van der Waals surface area contributed by atoms with Gasteiger partial charge in [-0.05, 0) is 86.5 Å². The SMILES string of the molecule is CN(C)C(=O)c1ccc(OCC[C@@H]2CC23CCN(C(=O)C(C)(c2ccccc2)C2CCC2)CC3)cc1Cl. The summed E-state index contributed by atoms with van der Waals surface area (Å²) in [5, 5.41) is 0.417. The maximum atomic E-state index is 13.9. The monoisotopic (exact) mass is 522 g/mol. The standard InChI is InChI=1S/C31H39ClN2O3/c1-30(23-10-7-11-23,22-8-5-4-6-9-22)29(36)34-17-15-31(16-18-34)21-24(31)14-19-37-25-12-13-26(27(32)20-25)28(35)33(2)3/h4-6,8-9,12-13,20,23-24H,7,10-11,14-19,21H2,1-3H3/t24-,30?/m1/s1. The molecule has 198 valence electrons. The van der Waals surface area contributed by atoms with Gasteiger partial charge in [0.15, 0.2) is 0 Å². The lowest BCUT2D eigenvalue weighted by Crippen LogP contribution is -2.53. The second-order valence-electron chi connectivity index (χ2n) is 11.7. The number of carbonyl (C=O) groups excluding carboxylic acids is 2. The minimum Gasteiger partial charge on any atom is -0.494 e. The highest BCUT2D eigenvalue weighted by atomic mass is 35.5. The van der Waals surface area contributed by atoms with E-state index >= 15 is 0 Å². The van der Waals surface area contributed by atoms with E-state index in [2.05, 4.69) is 36.1 Å². The molecule has 3 aliphatic rings. The Kier molecular flexibility index (Phi) is 7.28. The zero-order chi connectivity index (χ0) is 26.2. The fraction of sp³-hybridized carbons (Fsp3) is 0.548. The largest absolute Gasteiger partial charge is 0.494 e. The Morgan fingerprint density at radius 1 is 1.11 bits per heavy atom. The van der Waals surface area contributed by atoms with E-state index in [-0.39, 0.29) is 5.91 Å². The molecule has 0 N–H and O–H groups in total. The normalized spacial score (nSPS) is 22.2. The van der Waals surface area contributed by atoms with Gasteiger partial charge in [-0.2, -0.15) is 0 Å². The van der Waals surface area contributed by atoms with Crippen molar-refractivity contribution in [3.8, 4) is 5.75 Å². The van der Waals surface area contributed by atoms with Gasteiger partial charge < -0.3 is 14.5 Å². The summed E-state index contributed by atoms with van der Waals surface area (Å²) < 4.78 is 5.99. The number of hydrogen-bond acceptors (Lipinski definition) is 3. The molecular formula is C31H39ClN2O3. The first kappa shape index (κ1) is 26.1. The van der Waals surface area contributed by atoms with Crippen molar-refractivity contribution in [1.82, 2.24) is 9.80 Å². The molecule has 0 radical (unpaired) electrons. The van der Waals surface area contributed by atoms with Crippen LogP contribution >= 0.6 is 11.6 Å². The van der Waals surface area contributed by atoms with E-state index in [1.54, 1.807) is 26.2 Å². The lowest BCUT2D eigenvalue weighted by molar-refractivity contribution is -0.142. The van der Waals surface area contributed by atoms with Crippen LogP contribution in [-0.2, 0) is 10.2 Å². The summed E-state index contributed by atoms with van der Waals surface area (Å²) in [6, 6.07) is 15.7. The van der Waals surface area contributed by atoms with Gasteiger partial charge in [-0.25, -0.2) is 0 Å². The van der Waals surface area contributed by atoms with Gasteiger partial charge in [0.2, 0.25) is 5.91 Å². The number of benzene rings is 2. The summed E-state index contributed by atoms with van der Waals surface area (Å²) in [5.74, 6) is 2.02. The van der Waals surface area contributed by atoms with Crippen LogP contribution in [0.25, 0.3) is 0 Å². The van der Waals surface area contributed by atoms with E-state index in [4.69, 9.17) is 16.3 Å². The van der Waals surface area contributed by atoms with E-state index in [1.165, 1.54) is 23.3 Å². The molecule has 1 aliphatic heterocycles. The van der Waals surface area contributed by atoms with Gasteiger partial charge in [0.05, 0.1) is 22.6 Å². The van der Waals surface area contributed by atoms with Crippen LogP contribution in [0.15, 0.2) is 48.5 Å². The van der Waals surface area contributed by atoms with Crippen LogP contribution in [0.1, 0.15) is 67.8 Å². The lowest BCUT2D eigenvalue weighted by Gasteiger charge is -2.46. The van der Waals surface area contributed by atoms with Crippen molar-refractivity contribution in [2.24, 2.45) is 17.3 Å². The number of nitrogens with zero attached hydrogens (tertiary/aromatic N) is 2. The van der Waals surface area contributed by atoms with Crippen molar-refractivity contribution in [3.63, 3.8) is 0 Å². The first-order valence-corrected chi connectivity index (χ1v) is 14.1. The van der Waals surface area contributed by atoms with Crippen LogP contribution in [0.5, 0.6) is 5.75 Å². The lowest BCUT2D eigenvalue weighted by atomic mass is 9.62. The van der Waals surface area contributed by atoms with Gasteiger partial charge in [-0.15, -0.1) is 0 Å². The first-order valence-electron chi connectivity index (χ1n) is 13.7. The molecule has 0 bridgehead atoms. The Hall–Kier alpha value is -2.53. The number of amides is 2. The predicted octanol–water partition coefficient (Wildman–Crippen LogP) is 6.20. The highest BCUT2D eigenvalue weighted by Crippen LogP contribution is 2.61. The van der Waals surface area contributed by atoms with Crippen LogP contribution in [0.4, 0.5) is 0 Å². The van der Waals surface area contributed by atoms with Gasteiger partial charge >= 0.3 is 0 Å². The second-order valence-corrected chi connectivity index (χ2v) is 12.1. The fourth-order valence-corrected chi connectivity index (χ4v) is 6.81. The maximum Gasteiger partial charge on any atom is 0.254 e. The molecule has 2 amide bonds. The van der Waals surface area contributed by atoms with Gasteiger partial charge in [0.25, 0.3) is 5.91 Å². The molecular weight excluding hydrogens is 484 g/mol. The number of piperidine rings is 1. The molecule has 0 aromatic heterocycles. The number of likely N-dealkylation sites (tertiary alicyclic amines) is 1. The van der Waals surface area contributed by atoms with Crippen molar-refractivity contribution in [2.75, 3.05) is 33.8 Å². The van der Waals surface area contributed by atoms with E-state index < -0.39 is 5.41 Å². The minimum atomic E-state index is -0.408. The molecule has 1 heterocycles. The quantitative estimate of drug-likeness (QED) is 0.415. The van der Waals surface area contributed by atoms with E-state index in [0.717, 1.165) is 45.2 Å². The van der Waals surface area contributed by atoms with Crippen LogP contribution in [0, 0.1) is 17.3 Å². The average molecular weight is 523 g/mol. The molecule has 6 heteroatoms. The third kappa shape index (κ3) is 4.99. The number of carbonyl (C=O) groups is 2. The molecule has 2 saturated carbocycles. The Morgan fingerprint density at radius 3 is 2.41 bits per heavy atom. The molecule has 37 heavy (non-hydrogen) atoms. The first-order chi connectivity index (χ1) is 17.7. The molecule has 1 unspecified atom stereocenters. The highest BCUT2D eigenvalue weighted by molar-refractivity contribution is 6.34. The van der Waals surface area contributed by atoms with E-state index in [1.807, 2.05) is 12.1 Å². The van der Waals surface area contributed by atoms with Crippen molar-refractivity contribution in [3.05, 3.63) is 64.7 Å². The molecule has 2 aromatic rings. The van der Waals surface area contributed by atoms with Crippen LogP contribution in [0.3, 0.4) is 0 Å². The Balaban J connectivity index is 1.13. The molecule has 5 rings (SSSR count). The molecule has 2 aromatic carbocycles. The van der Waals surface area contributed by atoms with Crippen LogP contribution in [0.2, 0.25) is 5.02 Å². The van der Waals surface area contributed by atoms with Gasteiger partial charge in [-0.3, -0.25) is 9.59 Å². The zero-order valence-electron chi connectivity index (χ0n) is 22.3. The molecule has 1 spiro atoms.